The van der Waals surface area contributed by atoms with Gasteiger partial charge < -0.3 is 9.84 Å². The van der Waals surface area contributed by atoms with E-state index in [1.54, 1.807) is 10.9 Å². The maximum atomic E-state index is 10.3. The third-order valence-electron chi connectivity index (χ3n) is 3.95. The Morgan fingerprint density at radius 3 is 2.84 bits per heavy atom. The fourth-order valence-corrected chi connectivity index (χ4v) is 2.72. The molecule has 3 rings (SSSR count). The Hall–Kier alpha value is -1.53. The second kappa shape index (κ2) is 4.54. The lowest BCUT2D eigenvalue weighted by atomic mass is 9.99. The first-order valence-corrected chi connectivity index (χ1v) is 6.61. The van der Waals surface area contributed by atoms with Crippen LogP contribution in [-0.2, 0) is 4.74 Å². The van der Waals surface area contributed by atoms with Crippen molar-refractivity contribution in [3.63, 3.8) is 0 Å². The minimum absolute atomic E-state index is 0.0698. The minimum atomic E-state index is -0.544. The molecule has 2 aromatic heterocycles. The molecule has 0 bridgehead atoms. The summed E-state index contributed by atoms with van der Waals surface area (Å²) in [6, 6.07) is 0. The van der Waals surface area contributed by atoms with E-state index in [-0.39, 0.29) is 12.0 Å². The molecule has 0 aromatic carbocycles. The van der Waals surface area contributed by atoms with Gasteiger partial charge in [0, 0.05) is 5.92 Å². The van der Waals surface area contributed by atoms with E-state index < -0.39 is 12.3 Å². The first kappa shape index (κ1) is 12.5. The monoisotopic (exact) mass is 262 g/mol. The van der Waals surface area contributed by atoms with Crippen molar-refractivity contribution < 1.29 is 9.84 Å². The van der Waals surface area contributed by atoms with Crippen LogP contribution in [-0.4, -0.2) is 36.8 Å². The smallest absolute Gasteiger partial charge is 0.165 e. The van der Waals surface area contributed by atoms with E-state index in [1.807, 2.05) is 13.8 Å². The van der Waals surface area contributed by atoms with Crippen LogP contribution < -0.4 is 0 Å². The average Bonchev–Trinajstić information content (AvgIpc) is 2.94. The molecule has 4 atom stereocenters. The molecule has 0 radical (unpaired) electrons. The van der Waals surface area contributed by atoms with Gasteiger partial charge >= 0.3 is 0 Å². The number of aryl methyl sites for hydroxylation is 1. The standard InChI is InChI=1S/C13H18N4O2/c1-4-9-7(2)11(18)13(19-9)17-6-16-10-8(3)14-5-15-12(10)17/h5-7,9,11,13,18H,4H2,1-3H3/t7?,9-,11?,13-/m1/s1. The van der Waals surface area contributed by atoms with Crippen LogP contribution in [0.25, 0.3) is 11.2 Å². The molecule has 1 saturated heterocycles. The maximum Gasteiger partial charge on any atom is 0.165 e. The van der Waals surface area contributed by atoms with E-state index in [9.17, 15) is 5.11 Å². The molecule has 6 heteroatoms. The minimum Gasteiger partial charge on any atom is -0.388 e. The van der Waals surface area contributed by atoms with Crippen LogP contribution in [0.5, 0.6) is 0 Å². The number of nitrogens with zero attached hydrogens (tertiary/aromatic N) is 4. The first-order valence-electron chi connectivity index (χ1n) is 6.61. The summed E-state index contributed by atoms with van der Waals surface area (Å²) in [7, 11) is 0. The summed E-state index contributed by atoms with van der Waals surface area (Å²) >= 11 is 0. The van der Waals surface area contributed by atoms with Gasteiger partial charge in [-0.25, -0.2) is 15.0 Å². The molecule has 0 spiro atoms. The molecule has 6 nitrogen and oxygen atoms in total. The number of hydrogen-bond donors (Lipinski definition) is 1. The fourth-order valence-electron chi connectivity index (χ4n) is 2.72. The van der Waals surface area contributed by atoms with Crippen molar-refractivity contribution in [1.29, 1.82) is 0 Å². The molecule has 2 unspecified atom stereocenters. The van der Waals surface area contributed by atoms with Crippen molar-refractivity contribution in [2.45, 2.75) is 45.6 Å². The Morgan fingerprint density at radius 2 is 2.16 bits per heavy atom. The lowest BCUT2D eigenvalue weighted by Crippen LogP contribution is -2.24. The van der Waals surface area contributed by atoms with Gasteiger partial charge in [-0.3, -0.25) is 4.57 Å². The highest BCUT2D eigenvalue weighted by Gasteiger charge is 2.41. The van der Waals surface area contributed by atoms with Gasteiger partial charge in [-0.1, -0.05) is 13.8 Å². The maximum absolute atomic E-state index is 10.3. The largest absolute Gasteiger partial charge is 0.388 e. The molecular formula is C13H18N4O2. The van der Waals surface area contributed by atoms with Gasteiger partial charge in [-0.15, -0.1) is 0 Å². The van der Waals surface area contributed by atoms with Crippen molar-refractivity contribution in [1.82, 2.24) is 19.5 Å². The van der Waals surface area contributed by atoms with Crippen LogP contribution in [0.2, 0.25) is 0 Å². The normalized spacial score (nSPS) is 31.2. The lowest BCUT2D eigenvalue weighted by Gasteiger charge is -2.16. The average molecular weight is 262 g/mol. The van der Waals surface area contributed by atoms with Crippen LogP contribution in [0.4, 0.5) is 0 Å². The quantitative estimate of drug-likeness (QED) is 0.886. The Kier molecular flexibility index (Phi) is 2.99. The van der Waals surface area contributed by atoms with Gasteiger partial charge in [0.15, 0.2) is 11.9 Å². The summed E-state index contributed by atoms with van der Waals surface area (Å²) < 4.78 is 7.75. The Labute approximate surface area is 111 Å². The SMILES string of the molecule is CC[C@H]1O[C@@H](n2cnc3c(C)ncnc32)C(O)C1C. The summed E-state index contributed by atoms with van der Waals surface area (Å²) in [5, 5.41) is 10.3. The van der Waals surface area contributed by atoms with Crippen molar-refractivity contribution in [3.8, 4) is 0 Å². The summed E-state index contributed by atoms with van der Waals surface area (Å²) in [4.78, 5) is 12.7. The lowest BCUT2D eigenvalue weighted by molar-refractivity contribution is -0.0355. The highest BCUT2D eigenvalue weighted by Crippen LogP contribution is 2.36. The van der Waals surface area contributed by atoms with Gasteiger partial charge in [0.05, 0.1) is 18.1 Å². The number of aromatic nitrogens is 4. The molecule has 1 N–H and O–H groups in total. The number of hydrogen-bond acceptors (Lipinski definition) is 5. The van der Waals surface area contributed by atoms with Gasteiger partial charge in [0.1, 0.15) is 17.9 Å². The van der Waals surface area contributed by atoms with Crippen molar-refractivity contribution >= 4 is 11.2 Å². The second-order valence-electron chi connectivity index (χ2n) is 5.11. The first-order chi connectivity index (χ1) is 9.13. The molecule has 0 aliphatic carbocycles. The molecular weight excluding hydrogens is 244 g/mol. The second-order valence-corrected chi connectivity index (χ2v) is 5.11. The molecule has 1 fully saturated rings. The zero-order chi connectivity index (χ0) is 13.6. The van der Waals surface area contributed by atoms with E-state index in [0.717, 1.165) is 17.6 Å². The predicted octanol–water partition coefficient (Wildman–Crippen LogP) is 1.44. The highest BCUT2D eigenvalue weighted by molar-refractivity contribution is 5.72. The van der Waals surface area contributed by atoms with E-state index in [2.05, 4.69) is 21.9 Å². The van der Waals surface area contributed by atoms with Crippen LogP contribution in [0, 0.1) is 12.8 Å². The van der Waals surface area contributed by atoms with Gasteiger partial charge in [-0.2, -0.15) is 0 Å². The molecule has 19 heavy (non-hydrogen) atoms. The fraction of sp³-hybridized carbons (Fsp3) is 0.615. The summed E-state index contributed by atoms with van der Waals surface area (Å²) in [6.45, 7) is 5.97. The summed E-state index contributed by atoms with van der Waals surface area (Å²) in [5.74, 6) is 0.107. The molecule has 3 heterocycles. The van der Waals surface area contributed by atoms with E-state index in [0.29, 0.717) is 5.65 Å². The number of ether oxygens (including phenoxy) is 1. The zero-order valence-corrected chi connectivity index (χ0v) is 11.3. The van der Waals surface area contributed by atoms with Gasteiger partial charge in [-0.05, 0) is 13.3 Å². The van der Waals surface area contributed by atoms with E-state index in [1.165, 1.54) is 6.33 Å². The van der Waals surface area contributed by atoms with Crippen LogP contribution >= 0.6 is 0 Å². The summed E-state index contributed by atoms with van der Waals surface area (Å²) in [5.41, 5.74) is 2.29. The summed E-state index contributed by atoms with van der Waals surface area (Å²) in [6.07, 6.45) is 3.18. The third-order valence-corrected chi connectivity index (χ3v) is 3.95. The van der Waals surface area contributed by atoms with Gasteiger partial charge in [0.2, 0.25) is 0 Å². The van der Waals surface area contributed by atoms with Crippen LogP contribution in [0.15, 0.2) is 12.7 Å². The zero-order valence-electron chi connectivity index (χ0n) is 11.3. The number of rotatable bonds is 2. The number of aliphatic hydroxyl groups is 1. The van der Waals surface area contributed by atoms with Crippen molar-refractivity contribution in [3.05, 3.63) is 18.3 Å². The van der Waals surface area contributed by atoms with E-state index >= 15 is 0 Å². The van der Waals surface area contributed by atoms with Crippen molar-refractivity contribution in [2.24, 2.45) is 5.92 Å². The predicted molar refractivity (Wildman–Crippen MR) is 69.4 cm³/mol. The molecule has 102 valence electrons. The molecule has 2 aromatic rings. The van der Waals surface area contributed by atoms with Crippen molar-refractivity contribution in [2.75, 3.05) is 0 Å². The topological polar surface area (TPSA) is 73.1 Å². The highest BCUT2D eigenvalue weighted by atomic mass is 16.5. The number of aliphatic hydroxyl groups excluding tert-OH is 1. The number of imidazole rings is 1. The van der Waals surface area contributed by atoms with E-state index in [4.69, 9.17) is 4.74 Å². The molecule has 0 saturated carbocycles. The molecule has 0 amide bonds. The number of fused-ring (bicyclic) bond motifs is 1. The van der Waals surface area contributed by atoms with Crippen LogP contribution in [0.1, 0.15) is 32.2 Å². The Morgan fingerprint density at radius 1 is 1.37 bits per heavy atom. The van der Waals surface area contributed by atoms with Crippen LogP contribution in [0.3, 0.4) is 0 Å². The van der Waals surface area contributed by atoms with Gasteiger partial charge in [0.25, 0.3) is 0 Å². The Bertz CT molecular complexity index is 597. The molecule has 1 aliphatic heterocycles. The third kappa shape index (κ3) is 1.82. The Balaban J connectivity index is 2.04. The molecule has 1 aliphatic rings.